The van der Waals surface area contributed by atoms with E-state index >= 15 is 0 Å². The Morgan fingerprint density at radius 1 is 1.25 bits per heavy atom. The first-order valence-electron chi connectivity index (χ1n) is 4.86. The van der Waals surface area contributed by atoms with Crippen LogP contribution < -0.4 is 15.3 Å². The lowest BCUT2D eigenvalue weighted by Crippen LogP contribution is -2.36. The average Bonchev–Trinajstić information content (AvgIpc) is 2.96. The molecule has 0 saturated heterocycles. The molecule has 20 heavy (non-hydrogen) atoms. The van der Waals surface area contributed by atoms with Gasteiger partial charge >= 0.3 is 12.2 Å². The van der Waals surface area contributed by atoms with Crippen LogP contribution in [-0.4, -0.2) is 43.9 Å². The number of hydrogen-bond donors (Lipinski definition) is 3. The summed E-state index contributed by atoms with van der Waals surface area (Å²) in [5, 5.41) is 6.03. The average molecular weight is 312 g/mol. The monoisotopic (exact) mass is 312 g/mol. The summed E-state index contributed by atoms with van der Waals surface area (Å²) in [6.45, 7) is 0. The molecule has 1 aromatic heterocycles. The summed E-state index contributed by atoms with van der Waals surface area (Å²) in [6.07, 6.45) is 1.05. The normalized spacial score (nSPS) is 12.1. The summed E-state index contributed by atoms with van der Waals surface area (Å²) >= 11 is 0. The van der Waals surface area contributed by atoms with Crippen molar-refractivity contribution in [1.82, 2.24) is 25.1 Å². The van der Waals surface area contributed by atoms with E-state index in [0.717, 1.165) is 4.68 Å². The fourth-order valence-electron chi connectivity index (χ4n) is 0.906. The van der Waals surface area contributed by atoms with Gasteiger partial charge in [-0.15, -0.1) is 4.99 Å². The van der Waals surface area contributed by atoms with E-state index in [1.54, 1.807) is 6.07 Å². The largest absolute Gasteiger partial charge is 0.440 e. The van der Waals surface area contributed by atoms with Crippen molar-refractivity contribution in [3.05, 3.63) is 18.5 Å². The highest BCUT2D eigenvalue weighted by Gasteiger charge is 2.12. The molecule has 4 radical (unpaired) electrons. The summed E-state index contributed by atoms with van der Waals surface area (Å²) < 4.78 is 10.3. The Balaban J connectivity index is 2.73. The third-order valence-corrected chi connectivity index (χ3v) is 2.33. The molecule has 0 aromatic carbocycles. The van der Waals surface area contributed by atoms with E-state index in [4.69, 9.17) is 16.0 Å². The Kier molecular flexibility index (Phi) is 7.82. The van der Waals surface area contributed by atoms with Crippen LogP contribution in [0.3, 0.4) is 0 Å². The molecular formula is C6H8B2N6O4P2. The van der Waals surface area contributed by atoms with Crippen molar-refractivity contribution < 1.29 is 18.6 Å². The van der Waals surface area contributed by atoms with Crippen LogP contribution in [0, 0.1) is 0 Å². The zero-order chi connectivity index (χ0) is 14.8. The molecule has 3 N–H and O–H groups in total. The molecule has 0 aliphatic carbocycles. The zero-order valence-corrected chi connectivity index (χ0v) is 11.9. The van der Waals surface area contributed by atoms with Crippen molar-refractivity contribution in [3.63, 3.8) is 0 Å². The van der Waals surface area contributed by atoms with Crippen molar-refractivity contribution in [1.29, 1.82) is 0 Å². The van der Waals surface area contributed by atoms with Crippen molar-refractivity contribution in [2.45, 2.75) is 0 Å². The van der Waals surface area contributed by atoms with Gasteiger partial charge in [-0.2, -0.15) is 5.10 Å². The van der Waals surface area contributed by atoms with Gasteiger partial charge in [-0.25, -0.2) is 14.3 Å². The fraction of sp³-hybridized carbons (Fsp3) is 0. The highest BCUT2D eigenvalue weighted by atomic mass is 31.1. The van der Waals surface area contributed by atoms with Gasteiger partial charge < -0.3 is 19.0 Å². The van der Waals surface area contributed by atoms with Crippen LogP contribution >= 0.6 is 17.9 Å². The predicted octanol–water partition coefficient (Wildman–Crippen LogP) is -0.687. The maximum Gasteiger partial charge on any atom is 0.440 e. The van der Waals surface area contributed by atoms with Crippen LogP contribution in [0.5, 0.6) is 0 Å². The molecule has 102 valence electrons. The number of amides is 2. The number of carbonyl (C=O) groups is 2. The van der Waals surface area contributed by atoms with Crippen molar-refractivity contribution in [3.8, 4) is 0 Å². The Hall–Kier alpha value is -1.47. The molecule has 0 bridgehead atoms. The highest BCUT2D eigenvalue weighted by Crippen LogP contribution is 2.06. The summed E-state index contributed by atoms with van der Waals surface area (Å²) in [6, 6.07) is 1.57. The summed E-state index contributed by atoms with van der Waals surface area (Å²) in [5.74, 6) is -0.200. The lowest BCUT2D eigenvalue weighted by atomic mass is 10.5. The molecule has 2 unspecified atom stereocenters. The van der Waals surface area contributed by atoms with Gasteiger partial charge in [0.1, 0.15) is 17.9 Å². The minimum Gasteiger partial charge on any atom is -0.416 e. The second-order valence-electron chi connectivity index (χ2n) is 2.76. The number of nitrogens with one attached hydrogen (secondary N) is 3. The quantitative estimate of drug-likeness (QED) is 0.291. The number of nitrogens with zero attached hydrogens (tertiary/aromatic N) is 3. The first-order chi connectivity index (χ1) is 9.67. The molecule has 2 atom stereocenters. The molecule has 1 rings (SSSR count). The number of aliphatic imine (C=N–C) groups is 1. The topological polar surface area (TPSA) is 119 Å². The van der Waals surface area contributed by atoms with Crippen LogP contribution in [0.1, 0.15) is 0 Å². The lowest BCUT2D eigenvalue weighted by molar-refractivity contribution is 0.211. The predicted molar refractivity (Wildman–Crippen MR) is 75.6 cm³/mol. The summed E-state index contributed by atoms with van der Waals surface area (Å²) in [7, 11) is 8.98. The molecule has 10 nitrogen and oxygen atoms in total. The van der Waals surface area contributed by atoms with Gasteiger partial charge in [0.2, 0.25) is 5.96 Å². The summed E-state index contributed by atoms with van der Waals surface area (Å²) in [5.41, 5.74) is 0. The van der Waals surface area contributed by atoms with E-state index < -0.39 is 30.1 Å². The molecule has 2 amide bonds. The van der Waals surface area contributed by atoms with Gasteiger partial charge in [-0.1, -0.05) is 0 Å². The van der Waals surface area contributed by atoms with E-state index in [-0.39, 0.29) is 5.96 Å². The Morgan fingerprint density at radius 3 is 2.55 bits per heavy atom. The van der Waals surface area contributed by atoms with Gasteiger partial charge in [0, 0.05) is 12.4 Å². The maximum atomic E-state index is 11.4. The molecular weight excluding hydrogens is 304 g/mol. The van der Waals surface area contributed by atoms with E-state index in [1.165, 1.54) is 12.4 Å². The molecule has 0 saturated carbocycles. The third-order valence-electron chi connectivity index (χ3n) is 1.53. The molecule has 0 aliphatic heterocycles. The van der Waals surface area contributed by atoms with E-state index in [1.807, 2.05) is 0 Å². The molecule has 14 heteroatoms. The summed E-state index contributed by atoms with van der Waals surface area (Å²) in [4.78, 5) is 30.5. The Bertz CT molecular complexity index is 472. The number of rotatable bonds is 4. The molecule has 0 spiro atoms. The van der Waals surface area contributed by atoms with Crippen molar-refractivity contribution >= 4 is 52.0 Å². The number of aromatic nitrogens is 2. The smallest absolute Gasteiger partial charge is 0.416 e. The maximum absolute atomic E-state index is 11.4. The van der Waals surface area contributed by atoms with Crippen LogP contribution in [0.4, 0.5) is 9.59 Å². The van der Waals surface area contributed by atoms with E-state index in [2.05, 4.69) is 34.5 Å². The molecule has 0 aliphatic rings. The van der Waals surface area contributed by atoms with Crippen molar-refractivity contribution in [2.75, 3.05) is 0 Å². The second kappa shape index (κ2) is 9.44. The Labute approximate surface area is 120 Å². The first-order valence-corrected chi connectivity index (χ1v) is 6.67. The number of carbonyl (C=O) groups excluding carboxylic acids is 2. The Morgan fingerprint density at radius 2 is 1.95 bits per heavy atom. The van der Waals surface area contributed by atoms with Crippen LogP contribution in [0.15, 0.2) is 23.5 Å². The van der Waals surface area contributed by atoms with Gasteiger partial charge in [0.25, 0.3) is 0 Å². The number of hydrogen-bond acceptors (Lipinski definition) is 7. The van der Waals surface area contributed by atoms with Gasteiger partial charge in [-0.05, 0) is 6.07 Å². The van der Waals surface area contributed by atoms with Crippen LogP contribution in [0.25, 0.3) is 0 Å². The third kappa shape index (κ3) is 6.12. The van der Waals surface area contributed by atoms with Crippen molar-refractivity contribution in [2.24, 2.45) is 4.99 Å². The van der Waals surface area contributed by atoms with E-state index in [0.29, 0.717) is 0 Å². The van der Waals surface area contributed by atoms with Gasteiger partial charge in [-0.3, -0.25) is 5.32 Å². The lowest BCUT2D eigenvalue weighted by Gasteiger charge is -2.08. The highest BCUT2D eigenvalue weighted by molar-refractivity contribution is 7.32. The van der Waals surface area contributed by atoms with Crippen LogP contribution in [0.2, 0.25) is 0 Å². The molecule has 1 aromatic rings. The van der Waals surface area contributed by atoms with Gasteiger partial charge in [0.05, 0.1) is 0 Å². The van der Waals surface area contributed by atoms with E-state index in [9.17, 15) is 9.59 Å². The first kappa shape index (κ1) is 16.6. The van der Waals surface area contributed by atoms with Crippen LogP contribution in [-0.2, 0) is 9.05 Å². The fourth-order valence-corrected chi connectivity index (χ4v) is 1.30. The molecule has 0 fully saturated rings. The minimum atomic E-state index is -0.966. The zero-order valence-electron chi connectivity index (χ0n) is 9.86. The SMILES string of the molecule is [B]NPOC(=O)N=C(NC(=O)OPN[B])n1cccn1. The molecule has 1 heterocycles. The second-order valence-corrected chi connectivity index (χ2v) is 4.16. The standard InChI is InChI=1S/C6H8B2N6O4P2/c7-12-19-17-5(15)10-4(14-3-1-2-9-14)11-6(16)18-20-13-8/h1-3,12-13,19-20H,(H,10,11,15,16). The minimum absolute atomic E-state index is 0.200. The van der Waals surface area contributed by atoms with Gasteiger partial charge in [0.15, 0.2) is 16.0 Å².